The highest BCUT2D eigenvalue weighted by molar-refractivity contribution is 6.13. The van der Waals surface area contributed by atoms with Gasteiger partial charge < -0.3 is 0 Å². The molecule has 0 heterocycles. The number of carbonyl (C=O) groups is 1. The predicted molar refractivity (Wildman–Crippen MR) is 117 cm³/mol. The maximum Gasteiger partial charge on any atom is 0.270 e. The number of hydrogen-bond donors (Lipinski definition) is 0. The van der Waals surface area contributed by atoms with Gasteiger partial charge in [-0.15, -0.1) is 0 Å². The molecule has 0 saturated carbocycles. The van der Waals surface area contributed by atoms with Crippen molar-refractivity contribution < 1.29 is 9.63 Å². The summed E-state index contributed by atoms with van der Waals surface area (Å²) in [6, 6.07) is 29.6. The quantitative estimate of drug-likeness (QED) is 0.421. The molecule has 0 saturated heterocycles. The van der Waals surface area contributed by atoms with Crippen LogP contribution in [0.4, 0.5) is 0 Å². The van der Waals surface area contributed by atoms with E-state index in [9.17, 15) is 4.79 Å². The van der Waals surface area contributed by atoms with Crippen LogP contribution in [-0.4, -0.2) is 36.9 Å². The van der Waals surface area contributed by atoms with E-state index in [-0.39, 0.29) is 5.91 Å². The Hall–Kier alpha value is -3.24. The molecule has 29 heavy (non-hydrogen) atoms. The Labute approximate surface area is 172 Å². The second-order valence-electron chi connectivity index (χ2n) is 6.77. The number of hydrogen-bond acceptors (Lipinski definition) is 3. The molecule has 0 aliphatic heterocycles. The number of hydroxylamine groups is 2. The van der Waals surface area contributed by atoms with Crippen molar-refractivity contribution >= 4 is 11.6 Å². The second kappa shape index (κ2) is 10.3. The van der Waals surface area contributed by atoms with E-state index >= 15 is 0 Å². The molecule has 0 bridgehead atoms. The fourth-order valence-electron chi connectivity index (χ4n) is 3.15. The van der Waals surface area contributed by atoms with Crippen molar-refractivity contribution in [2.75, 3.05) is 14.2 Å². The minimum atomic E-state index is -0.546. The van der Waals surface area contributed by atoms with E-state index in [2.05, 4.69) is 12.1 Å². The molecule has 0 aliphatic carbocycles. The third-order valence-corrected chi connectivity index (χ3v) is 4.80. The first-order valence-electron chi connectivity index (χ1n) is 9.73. The Morgan fingerprint density at radius 2 is 1.34 bits per heavy atom. The van der Waals surface area contributed by atoms with Crippen LogP contribution in [0.25, 0.3) is 0 Å². The normalized spacial score (nSPS) is 11.5. The van der Waals surface area contributed by atoms with Crippen LogP contribution < -0.4 is 0 Å². The number of aryl methyl sites for hydroxylation is 1. The molecule has 0 radical (unpaired) electrons. The van der Waals surface area contributed by atoms with Crippen molar-refractivity contribution in [2.24, 2.45) is 4.99 Å². The summed E-state index contributed by atoms with van der Waals surface area (Å²) in [7, 11) is 3.11. The minimum absolute atomic E-state index is 0.159. The monoisotopic (exact) mass is 386 g/mol. The number of amides is 1. The summed E-state index contributed by atoms with van der Waals surface area (Å²) in [5.41, 5.74) is 3.95. The first-order chi connectivity index (χ1) is 14.2. The number of nitrogens with zero attached hydrogens (tertiary/aromatic N) is 2. The summed E-state index contributed by atoms with van der Waals surface area (Å²) in [6.07, 6.45) is 1.36. The molecule has 1 atom stereocenters. The Balaban J connectivity index is 1.98. The average Bonchev–Trinajstić information content (AvgIpc) is 2.80. The number of carbonyl (C=O) groups excluding carboxylic acids is 1. The van der Waals surface area contributed by atoms with Crippen LogP contribution in [0.2, 0.25) is 0 Å². The van der Waals surface area contributed by atoms with Crippen LogP contribution in [0, 0.1) is 0 Å². The number of aliphatic imine (C=N–C) groups is 1. The smallest absolute Gasteiger partial charge is 0.270 e. The molecule has 0 N–H and O–H groups in total. The Morgan fingerprint density at radius 1 is 0.862 bits per heavy atom. The largest absolute Gasteiger partial charge is 0.274 e. The molecule has 1 amide bonds. The van der Waals surface area contributed by atoms with Gasteiger partial charge in [0.2, 0.25) is 0 Å². The van der Waals surface area contributed by atoms with Crippen molar-refractivity contribution in [2.45, 2.75) is 18.9 Å². The van der Waals surface area contributed by atoms with Gasteiger partial charge in [-0.1, -0.05) is 91.0 Å². The molecule has 1 unspecified atom stereocenters. The summed E-state index contributed by atoms with van der Waals surface area (Å²) in [6.45, 7) is 0. The maximum atomic E-state index is 13.0. The summed E-state index contributed by atoms with van der Waals surface area (Å²) < 4.78 is 0. The van der Waals surface area contributed by atoms with Crippen LogP contribution in [0.5, 0.6) is 0 Å². The van der Waals surface area contributed by atoms with Gasteiger partial charge in [0.15, 0.2) is 0 Å². The van der Waals surface area contributed by atoms with Gasteiger partial charge in [-0.2, -0.15) is 0 Å². The highest BCUT2D eigenvalue weighted by atomic mass is 16.7. The highest BCUT2D eigenvalue weighted by Gasteiger charge is 2.23. The van der Waals surface area contributed by atoms with Gasteiger partial charge in [-0.05, 0) is 18.4 Å². The van der Waals surface area contributed by atoms with Crippen LogP contribution in [0.15, 0.2) is 96.0 Å². The van der Waals surface area contributed by atoms with Gasteiger partial charge >= 0.3 is 0 Å². The van der Waals surface area contributed by atoms with Crippen molar-refractivity contribution in [1.82, 2.24) is 5.06 Å². The zero-order valence-electron chi connectivity index (χ0n) is 16.9. The molecular formula is C25H26N2O2. The topological polar surface area (TPSA) is 41.9 Å². The SMILES string of the molecule is CON(C)C(=O)C(CCc1ccccc1)N=C(c1ccccc1)c1ccccc1. The zero-order chi connectivity index (χ0) is 20.5. The molecular weight excluding hydrogens is 360 g/mol. The van der Waals surface area contributed by atoms with Gasteiger partial charge in [-0.25, -0.2) is 5.06 Å². The first-order valence-corrected chi connectivity index (χ1v) is 9.73. The summed E-state index contributed by atoms with van der Waals surface area (Å²) in [4.78, 5) is 23.1. The van der Waals surface area contributed by atoms with E-state index in [1.165, 1.54) is 17.7 Å². The maximum absolute atomic E-state index is 13.0. The van der Waals surface area contributed by atoms with Crippen LogP contribution >= 0.6 is 0 Å². The number of benzene rings is 3. The van der Waals surface area contributed by atoms with Gasteiger partial charge in [0, 0.05) is 18.2 Å². The average molecular weight is 386 g/mol. The summed E-state index contributed by atoms with van der Waals surface area (Å²) >= 11 is 0. The van der Waals surface area contributed by atoms with E-state index in [0.717, 1.165) is 23.3 Å². The van der Waals surface area contributed by atoms with E-state index in [1.54, 1.807) is 7.05 Å². The molecule has 0 fully saturated rings. The third-order valence-electron chi connectivity index (χ3n) is 4.80. The molecule has 3 aromatic rings. The molecule has 0 aliphatic rings. The van der Waals surface area contributed by atoms with Gasteiger partial charge in [0.05, 0.1) is 12.8 Å². The zero-order valence-corrected chi connectivity index (χ0v) is 16.9. The predicted octanol–water partition coefficient (Wildman–Crippen LogP) is 4.55. The van der Waals surface area contributed by atoms with Crippen LogP contribution in [0.1, 0.15) is 23.1 Å². The van der Waals surface area contributed by atoms with E-state index < -0.39 is 6.04 Å². The Morgan fingerprint density at radius 3 is 1.83 bits per heavy atom. The minimum Gasteiger partial charge on any atom is -0.274 e. The van der Waals surface area contributed by atoms with Crippen LogP contribution in [-0.2, 0) is 16.1 Å². The molecule has 0 spiro atoms. The first kappa shape index (κ1) is 20.5. The lowest BCUT2D eigenvalue weighted by atomic mass is 10.0. The van der Waals surface area contributed by atoms with Crippen molar-refractivity contribution in [3.8, 4) is 0 Å². The van der Waals surface area contributed by atoms with E-state index in [4.69, 9.17) is 9.83 Å². The third kappa shape index (κ3) is 5.62. The van der Waals surface area contributed by atoms with Crippen LogP contribution in [0.3, 0.4) is 0 Å². The number of rotatable bonds is 8. The second-order valence-corrected chi connectivity index (χ2v) is 6.77. The van der Waals surface area contributed by atoms with Crippen molar-refractivity contribution in [3.63, 3.8) is 0 Å². The Kier molecular flexibility index (Phi) is 7.31. The van der Waals surface area contributed by atoms with E-state index in [0.29, 0.717) is 6.42 Å². The molecule has 148 valence electrons. The van der Waals surface area contributed by atoms with Gasteiger partial charge in [0.25, 0.3) is 5.91 Å². The van der Waals surface area contributed by atoms with Crippen molar-refractivity contribution in [3.05, 3.63) is 108 Å². The standard InChI is InChI=1S/C25H26N2O2/c1-27(29-2)25(28)23(19-18-20-12-6-3-7-13-20)26-24(21-14-8-4-9-15-21)22-16-10-5-11-17-22/h3-17,23H,18-19H2,1-2H3. The summed E-state index contributed by atoms with van der Waals surface area (Å²) in [5.74, 6) is -0.159. The van der Waals surface area contributed by atoms with Crippen molar-refractivity contribution in [1.29, 1.82) is 0 Å². The van der Waals surface area contributed by atoms with Gasteiger partial charge in [0.1, 0.15) is 6.04 Å². The van der Waals surface area contributed by atoms with E-state index in [1.807, 2.05) is 78.9 Å². The molecule has 4 heteroatoms. The molecule has 3 rings (SSSR count). The van der Waals surface area contributed by atoms with Gasteiger partial charge in [-0.3, -0.25) is 14.6 Å². The fraction of sp³-hybridized carbons (Fsp3) is 0.200. The lowest BCUT2D eigenvalue weighted by Crippen LogP contribution is -2.35. The summed E-state index contributed by atoms with van der Waals surface area (Å²) in [5, 5.41) is 1.26. The Bertz CT molecular complexity index is 883. The number of likely N-dealkylation sites (N-methyl/N-ethyl adjacent to an activating group) is 1. The highest BCUT2D eigenvalue weighted by Crippen LogP contribution is 2.16. The molecule has 4 nitrogen and oxygen atoms in total. The molecule has 0 aromatic heterocycles. The lowest BCUT2D eigenvalue weighted by Gasteiger charge is -2.20. The molecule has 3 aromatic carbocycles. The fourth-order valence-corrected chi connectivity index (χ4v) is 3.15. The lowest BCUT2D eigenvalue weighted by molar-refractivity contribution is -0.170.